The molecule has 0 aliphatic carbocycles. The number of amides is 1. The molecule has 0 saturated heterocycles. The van der Waals surface area contributed by atoms with Gasteiger partial charge in [-0.1, -0.05) is 6.92 Å². The van der Waals surface area contributed by atoms with E-state index in [1.807, 2.05) is 6.92 Å². The van der Waals surface area contributed by atoms with Crippen LogP contribution >= 0.6 is 0 Å². The van der Waals surface area contributed by atoms with E-state index in [0.29, 0.717) is 18.5 Å². The Morgan fingerprint density at radius 1 is 1.25 bits per heavy atom. The first kappa shape index (κ1) is 15.6. The van der Waals surface area contributed by atoms with Gasteiger partial charge in [0.1, 0.15) is 0 Å². The lowest BCUT2D eigenvalue weighted by Crippen LogP contribution is -2.33. The lowest BCUT2D eigenvalue weighted by atomic mass is 10.1. The average molecular weight is 280 g/mol. The van der Waals surface area contributed by atoms with Crippen LogP contribution in [0.1, 0.15) is 30.1 Å². The number of nitro groups is 1. The number of carboxylic acid groups (broad SMARTS) is 1. The van der Waals surface area contributed by atoms with Crippen molar-refractivity contribution in [1.29, 1.82) is 0 Å². The van der Waals surface area contributed by atoms with Crippen molar-refractivity contribution in [3.63, 3.8) is 0 Å². The van der Waals surface area contributed by atoms with Gasteiger partial charge in [0.15, 0.2) is 0 Å². The van der Waals surface area contributed by atoms with Crippen molar-refractivity contribution in [1.82, 2.24) is 4.90 Å². The number of carbonyl (C=O) groups is 2. The molecule has 0 bridgehead atoms. The molecule has 0 aromatic heterocycles. The first-order valence-corrected chi connectivity index (χ1v) is 6.21. The minimum atomic E-state index is -0.970. The zero-order valence-electron chi connectivity index (χ0n) is 11.1. The summed E-state index contributed by atoms with van der Waals surface area (Å²) < 4.78 is 0. The summed E-state index contributed by atoms with van der Waals surface area (Å²) in [6.45, 7) is 2.46. The second-order valence-corrected chi connectivity index (χ2v) is 4.24. The summed E-state index contributed by atoms with van der Waals surface area (Å²) in [6.07, 6.45) is 0.580. The van der Waals surface area contributed by atoms with Crippen LogP contribution in [0.5, 0.6) is 0 Å². The van der Waals surface area contributed by atoms with E-state index in [9.17, 15) is 19.7 Å². The molecule has 0 radical (unpaired) electrons. The number of nitrogens with zero attached hydrogens (tertiary/aromatic N) is 2. The minimum Gasteiger partial charge on any atom is -0.481 e. The van der Waals surface area contributed by atoms with E-state index in [2.05, 4.69) is 0 Å². The van der Waals surface area contributed by atoms with Crippen LogP contribution in [-0.2, 0) is 4.79 Å². The Balaban J connectivity index is 2.82. The molecular weight excluding hydrogens is 264 g/mol. The van der Waals surface area contributed by atoms with Gasteiger partial charge >= 0.3 is 5.97 Å². The van der Waals surface area contributed by atoms with Crippen LogP contribution < -0.4 is 0 Å². The Labute approximate surface area is 116 Å². The van der Waals surface area contributed by atoms with Gasteiger partial charge in [0.05, 0.1) is 11.3 Å². The summed E-state index contributed by atoms with van der Waals surface area (Å²) in [5.41, 5.74) is 0.226. The highest BCUT2D eigenvalue weighted by Gasteiger charge is 2.17. The molecular formula is C13H16N2O5. The van der Waals surface area contributed by atoms with Crippen LogP contribution in [0.4, 0.5) is 5.69 Å². The van der Waals surface area contributed by atoms with Crippen LogP contribution in [0.2, 0.25) is 0 Å². The summed E-state index contributed by atoms with van der Waals surface area (Å²) in [7, 11) is 0. The van der Waals surface area contributed by atoms with E-state index in [-0.39, 0.29) is 24.6 Å². The predicted octanol–water partition coefficient (Wildman–Crippen LogP) is 1.92. The van der Waals surface area contributed by atoms with E-state index in [4.69, 9.17) is 5.11 Å². The molecule has 1 amide bonds. The summed E-state index contributed by atoms with van der Waals surface area (Å²) in [6, 6.07) is 5.27. The molecule has 0 spiro atoms. The summed E-state index contributed by atoms with van der Waals surface area (Å²) in [4.78, 5) is 34.2. The lowest BCUT2D eigenvalue weighted by Gasteiger charge is -2.21. The van der Waals surface area contributed by atoms with Crippen molar-refractivity contribution >= 4 is 17.6 Å². The number of benzene rings is 1. The molecule has 20 heavy (non-hydrogen) atoms. The zero-order valence-corrected chi connectivity index (χ0v) is 11.1. The normalized spacial score (nSPS) is 10.1. The lowest BCUT2D eigenvalue weighted by molar-refractivity contribution is -0.384. The molecule has 0 unspecified atom stereocenters. The van der Waals surface area contributed by atoms with Gasteiger partial charge in [-0.25, -0.2) is 0 Å². The number of carboxylic acids is 1. The molecule has 0 heterocycles. The second kappa shape index (κ2) is 7.22. The molecule has 0 saturated carbocycles. The van der Waals surface area contributed by atoms with Crippen LogP contribution in [0.25, 0.3) is 0 Å². The maximum absolute atomic E-state index is 12.2. The Kier molecular flexibility index (Phi) is 5.64. The molecule has 1 aromatic carbocycles. The first-order valence-electron chi connectivity index (χ1n) is 6.21. The van der Waals surface area contributed by atoms with Gasteiger partial charge in [-0.2, -0.15) is 0 Å². The summed E-state index contributed by atoms with van der Waals surface area (Å²) in [5, 5.41) is 19.2. The predicted molar refractivity (Wildman–Crippen MR) is 71.5 cm³/mol. The van der Waals surface area contributed by atoms with Crippen molar-refractivity contribution in [2.75, 3.05) is 13.1 Å². The Morgan fingerprint density at radius 2 is 1.85 bits per heavy atom. The zero-order chi connectivity index (χ0) is 15.1. The van der Waals surface area contributed by atoms with Crippen LogP contribution in [0.15, 0.2) is 24.3 Å². The Hall–Kier alpha value is -2.44. The molecule has 7 nitrogen and oxygen atoms in total. The van der Waals surface area contributed by atoms with E-state index in [1.54, 1.807) is 0 Å². The fourth-order valence-corrected chi connectivity index (χ4v) is 1.72. The SMILES string of the molecule is CCCN(CCC(=O)O)C(=O)c1ccc([N+](=O)[O-])cc1. The number of rotatable bonds is 7. The van der Waals surface area contributed by atoms with Crippen molar-refractivity contribution in [2.24, 2.45) is 0 Å². The third-order valence-corrected chi connectivity index (χ3v) is 2.70. The first-order chi connectivity index (χ1) is 9.45. The van der Waals surface area contributed by atoms with E-state index < -0.39 is 10.9 Å². The quantitative estimate of drug-likeness (QED) is 0.607. The summed E-state index contributed by atoms with van der Waals surface area (Å²) in [5.74, 6) is -1.29. The van der Waals surface area contributed by atoms with Crippen molar-refractivity contribution in [3.8, 4) is 0 Å². The number of hydrogen-bond acceptors (Lipinski definition) is 4. The van der Waals surface area contributed by atoms with Gasteiger partial charge in [0, 0.05) is 30.8 Å². The molecule has 7 heteroatoms. The monoisotopic (exact) mass is 280 g/mol. The Bertz CT molecular complexity index is 498. The smallest absolute Gasteiger partial charge is 0.305 e. The van der Waals surface area contributed by atoms with Crippen LogP contribution in [-0.4, -0.2) is 39.9 Å². The molecule has 108 valence electrons. The van der Waals surface area contributed by atoms with Crippen LogP contribution in [0.3, 0.4) is 0 Å². The van der Waals surface area contributed by atoms with Gasteiger partial charge in [-0.3, -0.25) is 19.7 Å². The van der Waals surface area contributed by atoms with Gasteiger partial charge < -0.3 is 10.0 Å². The molecule has 1 rings (SSSR count). The van der Waals surface area contributed by atoms with Gasteiger partial charge in [-0.15, -0.1) is 0 Å². The number of hydrogen-bond donors (Lipinski definition) is 1. The molecule has 0 aliphatic rings. The molecule has 1 aromatic rings. The van der Waals surface area contributed by atoms with E-state index in [1.165, 1.54) is 29.2 Å². The summed E-state index contributed by atoms with van der Waals surface area (Å²) >= 11 is 0. The topological polar surface area (TPSA) is 101 Å². The highest BCUT2D eigenvalue weighted by molar-refractivity contribution is 5.94. The molecule has 0 fully saturated rings. The third kappa shape index (κ3) is 4.34. The maximum atomic E-state index is 12.2. The standard InChI is InChI=1S/C13H16N2O5/c1-2-8-14(9-7-12(16)17)13(18)10-3-5-11(6-4-10)15(19)20/h3-6H,2,7-9H2,1H3,(H,16,17). The number of nitro benzene ring substituents is 1. The maximum Gasteiger partial charge on any atom is 0.305 e. The minimum absolute atomic E-state index is 0.0888. The average Bonchev–Trinajstić information content (AvgIpc) is 2.42. The van der Waals surface area contributed by atoms with Gasteiger partial charge in [0.25, 0.3) is 11.6 Å². The van der Waals surface area contributed by atoms with E-state index in [0.717, 1.165) is 0 Å². The number of non-ortho nitro benzene ring substituents is 1. The number of aliphatic carboxylic acids is 1. The molecule has 0 atom stereocenters. The van der Waals surface area contributed by atoms with Crippen molar-refractivity contribution in [3.05, 3.63) is 39.9 Å². The van der Waals surface area contributed by atoms with Crippen molar-refractivity contribution in [2.45, 2.75) is 19.8 Å². The van der Waals surface area contributed by atoms with Gasteiger partial charge in [0.2, 0.25) is 0 Å². The van der Waals surface area contributed by atoms with Crippen LogP contribution in [0, 0.1) is 10.1 Å². The van der Waals surface area contributed by atoms with Gasteiger partial charge in [-0.05, 0) is 18.6 Å². The Morgan fingerprint density at radius 3 is 2.30 bits per heavy atom. The fourth-order valence-electron chi connectivity index (χ4n) is 1.72. The molecule has 1 N–H and O–H groups in total. The van der Waals surface area contributed by atoms with E-state index >= 15 is 0 Å². The highest BCUT2D eigenvalue weighted by atomic mass is 16.6. The molecule has 0 aliphatic heterocycles. The van der Waals surface area contributed by atoms with Crippen molar-refractivity contribution < 1.29 is 19.6 Å². The number of carbonyl (C=O) groups excluding carboxylic acids is 1. The largest absolute Gasteiger partial charge is 0.481 e. The fraction of sp³-hybridized carbons (Fsp3) is 0.385. The highest BCUT2D eigenvalue weighted by Crippen LogP contribution is 2.14. The second-order valence-electron chi connectivity index (χ2n) is 4.24. The third-order valence-electron chi connectivity index (χ3n) is 2.70.